The molecule has 2 aromatic rings. The van der Waals surface area contributed by atoms with Crippen LogP contribution in [0.1, 0.15) is 5.69 Å². The Morgan fingerprint density at radius 2 is 1.68 bits per heavy atom. The quantitative estimate of drug-likeness (QED) is 0.842. The molecule has 0 spiro atoms. The third-order valence-corrected chi connectivity index (χ3v) is 3.63. The first kappa shape index (κ1) is 14.6. The highest BCUT2D eigenvalue weighted by Crippen LogP contribution is 2.29. The number of anilines is 2. The molecule has 0 aromatic carbocycles. The Morgan fingerprint density at radius 3 is 2.27 bits per heavy atom. The van der Waals surface area contributed by atoms with Gasteiger partial charge in [-0.25, -0.2) is 15.0 Å². The number of aromatic nitrogens is 4. The Hall–Kier alpha value is -2.32. The molecule has 0 bridgehead atoms. The van der Waals surface area contributed by atoms with Crippen LogP contribution < -0.4 is 9.80 Å². The maximum Gasteiger partial charge on any atom is 0.433 e. The van der Waals surface area contributed by atoms with Crippen LogP contribution in [0.4, 0.5) is 24.9 Å². The Balaban J connectivity index is 1.70. The highest BCUT2D eigenvalue weighted by Gasteiger charge is 2.33. The van der Waals surface area contributed by atoms with E-state index < -0.39 is 11.9 Å². The van der Waals surface area contributed by atoms with E-state index in [9.17, 15) is 13.2 Å². The molecule has 22 heavy (non-hydrogen) atoms. The van der Waals surface area contributed by atoms with Gasteiger partial charge in [-0.15, -0.1) is 0 Å². The van der Waals surface area contributed by atoms with Crippen molar-refractivity contribution in [2.45, 2.75) is 6.18 Å². The smallest absolute Gasteiger partial charge is 0.353 e. The minimum atomic E-state index is -4.45. The lowest BCUT2D eigenvalue weighted by atomic mass is 10.3. The molecule has 118 valence electrons. The first-order valence-electron chi connectivity index (χ1n) is 6.81. The summed E-state index contributed by atoms with van der Waals surface area (Å²) in [5.74, 6) is 1.17. The van der Waals surface area contributed by atoms with Gasteiger partial charge in [0.05, 0.1) is 0 Å². The van der Waals surface area contributed by atoms with Gasteiger partial charge in [0.2, 0.25) is 5.95 Å². The number of hydrogen-bond donors (Lipinski definition) is 0. The minimum absolute atomic E-state index is 0.307. The van der Waals surface area contributed by atoms with E-state index >= 15 is 0 Å². The normalized spacial score (nSPS) is 16.2. The van der Waals surface area contributed by atoms with Gasteiger partial charge in [-0.3, -0.25) is 0 Å². The monoisotopic (exact) mass is 312 g/mol. The predicted octanol–water partition coefficient (Wildman–Crippen LogP) is 1.56. The lowest BCUT2D eigenvalue weighted by Gasteiger charge is -2.35. The van der Waals surface area contributed by atoms with Crippen molar-refractivity contribution in [3.05, 3.63) is 30.5 Å². The summed E-state index contributed by atoms with van der Waals surface area (Å²) >= 11 is 0. The number of piperazine rings is 1. The molecular weight excluding hydrogens is 297 g/mol. The van der Waals surface area contributed by atoms with Crippen molar-refractivity contribution in [2.75, 3.05) is 36.0 Å². The van der Waals surface area contributed by atoms with E-state index in [1.165, 1.54) is 0 Å². The fraction of sp³-hybridized carbons (Fsp3) is 0.462. The third-order valence-electron chi connectivity index (χ3n) is 3.63. The molecule has 0 aliphatic carbocycles. The Kier molecular flexibility index (Phi) is 3.63. The molecule has 1 aliphatic rings. The van der Waals surface area contributed by atoms with Crippen LogP contribution in [0.5, 0.6) is 0 Å². The molecule has 0 amide bonds. The molecule has 0 N–H and O–H groups in total. The molecule has 0 saturated carbocycles. The zero-order valence-corrected chi connectivity index (χ0v) is 12.0. The number of halogens is 3. The molecule has 1 saturated heterocycles. The minimum Gasteiger partial charge on any atom is -0.353 e. The molecular formula is C13H15F3N6. The van der Waals surface area contributed by atoms with Gasteiger partial charge in [0.25, 0.3) is 0 Å². The van der Waals surface area contributed by atoms with Crippen molar-refractivity contribution >= 4 is 11.8 Å². The van der Waals surface area contributed by atoms with E-state index in [-0.39, 0.29) is 0 Å². The largest absolute Gasteiger partial charge is 0.433 e. The average molecular weight is 312 g/mol. The summed E-state index contributed by atoms with van der Waals surface area (Å²) < 4.78 is 40.0. The topological polar surface area (TPSA) is 50.1 Å². The van der Waals surface area contributed by atoms with Gasteiger partial charge in [-0.05, 0) is 0 Å². The fourth-order valence-corrected chi connectivity index (χ4v) is 2.47. The predicted molar refractivity (Wildman–Crippen MR) is 74.7 cm³/mol. The molecule has 3 rings (SSSR count). The number of aryl methyl sites for hydroxylation is 1. The maximum absolute atomic E-state index is 12.7. The van der Waals surface area contributed by atoms with Crippen molar-refractivity contribution in [1.82, 2.24) is 19.5 Å². The van der Waals surface area contributed by atoms with Crippen molar-refractivity contribution in [3.8, 4) is 0 Å². The standard InChI is InChI=1S/C13H15F3N6/c1-20-3-2-17-12(20)22-6-4-21(5-7-22)11-8-10(13(14,15)16)18-9-19-11/h2-3,8-9H,4-7H2,1H3. The average Bonchev–Trinajstić information content (AvgIpc) is 2.93. The summed E-state index contributed by atoms with van der Waals surface area (Å²) in [7, 11) is 1.91. The Bertz CT molecular complexity index is 645. The maximum atomic E-state index is 12.7. The molecule has 0 unspecified atom stereocenters. The van der Waals surface area contributed by atoms with Gasteiger partial charge in [-0.2, -0.15) is 13.2 Å². The highest BCUT2D eigenvalue weighted by atomic mass is 19.4. The van der Waals surface area contributed by atoms with Gasteiger partial charge in [0, 0.05) is 51.7 Å². The summed E-state index contributed by atoms with van der Waals surface area (Å²) in [6.07, 6.45) is 0.0965. The van der Waals surface area contributed by atoms with E-state index in [2.05, 4.69) is 19.9 Å². The fourth-order valence-electron chi connectivity index (χ4n) is 2.47. The van der Waals surface area contributed by atoms with E-state index in [4.69, 9.17) is 0 Å². The number of hydrogen-bond acceptors (Lipinski definition) is 5. The zero-order valence-electron chi connectivity index (χ0n) is 12.0. The van der Waals surface area contributed by atoms with Crippen molar-refractivity contribution < 1.29 is 13.2 Å². The van der Waals surface area contributed by atoms with Crippen LogP contribution >= 0.6 is 0 Å². The molecule has 1 fully saturated rings. The second-order valence-corrected chi connectivity index (χ2v) is 5.07. The first-order valence-corrected chi connectivity index (χ1v) is 6.81. The van der Waals surface area contributed by atoms with Crippen molar-refractivity contribution in [3.63, 3.8) is 0 Å². The Morgan fingerprint density at radius 1 is 1.00 bits per heavy atom. The summed E-state index contributed by atoms with van der Waals surface area (Å²) in [6.45, 7) is 2.52. The molecule has 1 aliphatic heterocycles. The number of nitrogens with zero attached hydrogens (tertiary/aromatic N) is 6. The van der Waals surface area contributed by atoms with Crippen molar-refractivity contribution in [2.24, 2.45) is 7.05 Å². The number of alkyl halides is 3. The van der Waals surface area contributed by atoms with Crippen LogP contribution in [0, 0.1) is 0 Å². The van der Waals surface area contributed by atoms with Gasteiger partial charge in [0.1, 0.15) is 17.8 Å². The lowest BCUT2D eigenvalue weighted by molar-refractivity contribution is -0.141. The molecule has 0 atom stereocenters. The van der Waals surface area contributed by atoms with Gasteiger partial charge < -0.3 is 14.4 Å². The van der Waals surface area contributed by atoms with Crippen LogP contribution in [0.25, 0.3) is 0 Å². The molecule has 6 nitrogen and oxygen atoms in total. The summed E-state index contributed by atoms with van der Waals surface area (Å²) in [5.41, 5.74) is -0.913. The summed E-state index contributed by atoms with van der Waals surface area (Å²) in [5, 5.41) is 0. The van der Waals surface area contributed by atoms with Crippen LogP contribution in [0.15, 0.2) is 24.8 Å². The van der Waals surface area contributed by atoms with E-state index in [1.807, 2.05) is 22.7 Å². The van der Waals surface area contributed by atoms with E-state index in [1.54, 1.807) is 6.20 Å². The van der Waals surface area contributed by atoms with Crippen LogP contribution in [-0.2, 0) is 13.2 Å². The summed E-state index contributed by atoms with van der Waals surface area (Å²) in [6, 6.07) is 0.996. The molecule has 3 heterocycles. The second-order valence-electron chi connectivity index (χ2n) is 5.07. The van der Waals surface area contributed by atoms with Crippen LogP contribution in [0.2, 0.25) is 0 Å². The third kappa shape index (κ3) is 2.83. The van der Waals surface area contributed by atoms with Crippen molar-refractivity contribution in [1.29, 1.82) is 0 Å². The first-order chi connectivity index (χ1) is 10.4. The number of imidazole rings is 1. The van der Waals surface area contributed by atoms with Gasteiger partial charge in [0.15, 0.2) is 0 Å². The van der Waals surface area contributed by atoms with Gasteiger partial charge in [-0.1, -0.05) is 0 Å². The number of rotatable bonds is 2. The zero-order chi connectivity index (χ0) is 15.7. The molecule has 2 aromatic heterocycles. The highest BCUT2D eigenvalue weighted by molar-refractivity contribution is 5.43. The lowest BCUT2D eigenvalue weighted by Crippen LogP contribution is -2.47. The molecule has 9 heteroatoms. The molecule has 0 radical (unpaired) electrons. The van der Waals surface area contributed by atoms with E-state index in [0.717, 1.165) is 18.3 Å². The SMILES string of the molecule is Cn1ccnc1N1CCN(c2cc(C(F)(F)F)ncn2)CC1. The Labute approximate surface area is 125 Å². The summed E-state index contributed by atoms with van der Waals surface area (Å²) in [4.78, 5) is 15.5. The van der Waals surface area contributed by atoms with Gasteiger partial charge >= 0.3 is 6.18 Å². The second kappa shape index (κ2) is 5.47. The van der Waals surface area contributed by atoms with E-state index in [0.29, 0.717) is 32.0 Å². The van der Waals surface area contributed by atoms with Crippen LogP contribution in [-0.4, -0.2) is 45.7 Å². The van der Waals surface area contributed by atoms with Crippen LogP contribution in [0.3, 0.4) is 0 Å².